The van der Waals surface area contributed by atoms with Crippen molar-refractivity contribution in [3.8, 4) is 0 Å². The van der Waals surface area contributed by atoms with Crippen LogP contribution in [0, 0.1) is 15.9 Å². The molecule has 7 heteroatoms. The van der Waals surface area contributed by atoms with Gasteiger partial charge in [-0.15, -0.1) is 0 Å². The van der Waals surface area contributed by atoms with Crippen LogP contribution in [-0.4, -0.2) is 28.1 Å². The highest BCUT2D eigenvalue weighted by Crippen LogP contribution is 2.17. The standard InChI is InChI=1S/C13H17FN2O4/c1-3-4-13(2,18)8-15-12(17)9-5-10(14)7-11(6-9)16(19)20/h5-7,18H,3-4,8H2,1-2H3,(H,15,17). The summed E-state index contributed by atoms with van der Waals surface area (Å²) in [6.07, 6.45) is 1.24. The Kier molecular flexibility index (Phi) is 5.15. The van der Waals surface area contributed by atoms with Gasteiger partial charge in [0.25, 0.3) is 11.6 Å². The zero-order valence-electron chi connectivity index (χ0n) is 11.4. The molecule has 1 aromatic carbocycles. The van der Waals surface area contributed by atoms with E-state index in [1.54, 1.807) is 6.92 Å². The molecule has 0 fully saturated rings. The molecule has 0 aliphatic rings. The van der Waals surface area contributed by atoms with Crippen molar-refractivity contribution in [3.05, 3.63) is 39.7 Å². The number of aliphatic hydroxyl groups is 1. The predicted molar refractivity (Wildman–Crippen MR) is 70.9 cm³/mol. The van der Waals surface area contributed by atoms with Crippen LogP contribution in [0.15, 0.2) is 18.2 Å². The molecule has 110 valence electrons. The zero-order chi connectivity index (χ0) is 15.3. The van der Waals surface area contributed by atoms with Crippen LogP contribution in [0.25, 0.3) is 0 Å². The molecule has 6 nitrogen and oxygen atoms in total. The average Bonchev–Trinajstić information content (AvgIpc) is 2.35. The molecule has 0 saturated carbocycles. The van der Waals surface area contributed by atoms with Crippen LogP contribution in [0.5, 0.6) is 0 Å². The summed E-state index contributed by atoms with van der Waals surface area (Å²) in [5.41, 5.74) is -1.71. The highest BCUT2D eigenvalue weighted by molar-refractivity contribution is 5.94. The molecular formula is C13H17FN2O4. The highest BCUT2D eigenvalue weighted by Gasteiger charge is 2.21. The molecule has 1 aromatic rings. The lowest BCUT2D eigenvalue weighted by atomic mass is 10.0. The Hall–Kier alpha value is -2.02. The van der Waals surface area contributed by atoms with Crippen molar-refractivity contribution in [2.24, 2.45) is 0 Å². The molecule has 0 spiro atoms. The molecule has 2 N–H and O–H groups in total. The van der Waals surface area contributed by atoms with Crippen molar-refractivity contribution < 1.29 is 19.2 Å². The summed E-state index contributed by atoms with van der Waals surface area (Å²) >= 11 is 0. The van der Waals surface area contributed by atoms with Crippen LogP contribution in [0.3, 0.4) is 0 Å². The van der Waals surface area contributed by atoms with Crippen molar-refractivity contribution in [2.45, 2.75) is 32.3 Å². The monoisotopic (exact) mass is 284 g/mol. The van der Waals surface area contributed by atoms with Gasteiger partial charge in [0.1, 0.15) is 5.82 Å². The summed E-state index contributed by atoms with van der Waals surface area (Å²) in [5.74, 6) is -1.52. The summed E-state index contributed by atoms with van der Waals surface area (Å²) in [7, 11) is 0. The van der Waals surface area contributed by atoms with Gasteiger partial charge in [-0.1, -0.05) is 13.3 Å². The number of hydrogen-bond acceptors (Lipinski definition) is 4. The van der Waals surface area contributed by atoms with E-state index in [1.165, 1.54) is 0 Å². The quantitative estimate of drug-likeness (QED) is 0.617. The minimum absolute atomic E-state index is 0.00994. The van der Waals surface area contributed by atoms with Crippen LogP contribution in [0.4, 0.5) is 10.1 Å². The van der Waals surface area contributed by atoms with E-state index >= 15 is 0 Å². The second-order valence-corrected chi connectivity index (χ2v) is 4.88. The summed E-state index contributed by atoms with van der Waals surface area (Å²) in [4.78, 5) is 21.6. The second kappa shape index (κ2) is 6.42. The number of non-ortho nitro benzene ring substituents is 1. The first-order chi connectivity index (χ1) is 9.25. The molecule has 0 bridgehead atoms. The molecule has 0 heterocycles. The van der Waals surface area contributed by atoms with E-state index in [2.05, 4.69) is 5.32 Å². The Morgan fingerprint density at radius 3 is 2.70 bits per heavy atom. The Bertz CT molecular complexity index is 517. The molecule has 0 radical (unpaired) electrons. The van der Waals surface area contributed by atoms with Crippen LogP contribution in [0.1, 0.15) is 37.0 Å². The Balaban J connectivity index is 2.80. The number of amides is 1. The molecule has 20 heavy (non-hydrogen) atoms. The lowest BCUT2D eigenvalue weighted by Crippen LogP contribution is -2.40. The number of carbonyl (C=O) groups excluding carboxylic acids is 1. The zero-order valence-corrected chi connectivity index (χ0v) is 11.4. The van der Waals surface area contributed by atoms with Crippen molar-refractivity contribution in [3.63, 3.8) is 0 Å². The molecule has 1 unspecified atom stereocenters. The molecule has 1 amide bonds. The van der Waals surface area contributed by atoms with Crippen LogP contribution in [-0.2, 0) is 0 Å². The number of nitro groups is 1. The molecule has 0 aliphatic carbocycles. The third-order valence-corrected chi connectivity index (χ3v) is 2.77. The Labute approximate surface area is 115 Å². The van der Waals surface area contributed by atoms with Crippen LogP contribution >= 0.6 is 0 Å². The first kappa shape index (κ1) is 16.0. The second-order valence-electron chi connectivity index (χ2n) is 4.88. The normalized spacial score (nSPS) is 13.6. The van der Waals surface area contributed by atoms with Crippen molar-refractivity contribution in [2.75, 3.05) is 6.54 Å². The first-order valence-corrected chi connectivity index (χ1v) is 6.21. The van der Waals surface area contributed by atoms with E-state index in [0.717, 1.165) is 24.6 Å². The minimum Gasteiger partial charge on any atom is -0.388 e. The fourth-order valence-electron chi connectivity index (χ4n) is 1.81. The van der Waals surface area contributed by atoms with Gasteiger partial charge in [-0.25, -0.2) is 4.39 Å². The molecule has 0 aliphatic heterocycles. The number of rotatable bonds is 6. The Morgan fingerprint density at radius 1 is 1.50 bits per heavy atom. The van der Waals surface area contributed by atoms with Gasteiger partial charge in [0, 0.05) is 18.2 Å². The third-order valence-electron chi connectivity index (χ3n) is 2.77. The van der Waals surface area contributed by atoms with Gasteiger partial charge in [0.15, 0.2) is 0 Å². The minimum atomic E-state index is -1.07. The maximum atomic E-state index is 13.2. The number of carbonyl (C=O) groups is 1. The van der Waals surface area contributed by atoms with Gasteiger partial charge in [0.05, 0.1) is 16.6 Å². The van der Waals surface area contributed by atoms with E-state index in [1.807, 2.05) is 6.92 Å². The number of nitrogens with zero attached hydrogens (tertiary/aromatic N) is 1. The first-order valence-electron chi connectivity index (χ1n) is 6.21. The van der Waals surface area contributed by atoms with E-state index in [4.69, 9.17) is 0 Å². The van der Waals surface area contributed by atoms with E-state index in [0.29, 0.717) is 6.42 Å². The number of hydrogen-bond donors (Lipinski definition) is 2. The van der Waals surface area contributed by atoms with Gasteiger partial charge in [-0.05, 0) is 19.4 Å². The van der Waals surface area contributed by atoms with Gasteiger partial charge in [0.2, 0.25) is 0 Å². The van der Waals surface area contributed by atoms with Crippen molar-refractivity contribution in [1.29, 1.82) is 0 Å². The molecule has 1 atom stereocenters. The summed E-state index contributed by atoms with van der Waals surface area (Å²) in [5, 5.41) is 22.9. The van der Waals surface area contributed by atoms with Crippen LogP contribution < -0.4 is 5.32 Å². The van der Waals surface area contributed by atoms with Crippen molar-refractivity contribution in [1.82, 2.24) is 5.32 Å². The topological polar surface area (TPSA) is 92.5 Å². The summed E-state index contributed by atoms with van der Waals surface area (Å²) in [6, 6.07) is 2.65. The number of nitrogens with one attached hydrogen (secondary N) is 1. The highest BCUT2D eigenvalue weighted by atomic mass is 19.1. The summed E-state index contributed by atoms with van der Waals surface area (Å²) in [6.45, 7) is 3.46. The molecular weight excluding hydrogens is 267 g/mol. The van der Waals surface area contributed by atoms with Gasteiger partial charge >= 0.3 is 0 Å². The van der Waals surface area contributed by atoms with Gasteiger partial charge in [-0.3, -0.25) is 14.9 Å². The number of benzene rings is 1. The van der Waals surface area contributed by atoms with E-state index in [-0.39, 0.29) is 12.1 Å². The summed E-state index contributed by atoms with van der Waals surface area (Å²) < 4.78 is 13.2. The smallest absolute Gasteiger partial charge is 0.273 e. The molecule has 0 saturated heterocycles. The van der Waals surface area contributed by atoms with Crippen LogP contribution in [0.2, 0.25) is 0 Å². The lowest BCUT2D eigenvalue weighted by molar-refractivity contribution is -0.385. The average molecular weight is 284 g/mol. The van der Waals surface area contributed by atoms with E-state index in [9.17, 15) is 24.4 Å². The fourth-order valence-corrected chi connectivity index (χ4v) is 1.81. The van der Waals surface area contributed by atoms with Crippen molar-refractivity contribution >= 4 is 11.6 Å². The maximum absolute atomic E-state index is 13.2. The fraction of sp³-hybridized carbons (Fsp3) is 0.462. The van der Waals surface area contributed by atoms with Gasteiger partial charge < -0.3 is 10.4 Å². The number of halogens is 1. The Morgan fingerprint density at radius 2 is 2.15 bits per heavy atom. The predicted octanol–water partition coefficient (Wildman–Crippen LogP) is 2.01. The third kappa shape index (κ3) is 4.58. The maximum Gasteiger partial charge on any atom is 0.273 e. The SMILES string of the molecule is CCCC(C)(O)CNC(=O)c1cc(F)cc([N+](=O)[O-])c1. The number of nitro benzene ring substituents is 1. The molecule has 0 aromatic heterocycles. The van der Waals surface area contributed by atoms with E-state index < -0.39 is 27.9 Å². The lowest BCUT2D eigenvalue weighted by Gasteiger charge is -2.22. The molecule has 1 rings (SSSR count). The largest absolute Gasteiger partial charge is 0.388 e. The van der Waals surface area contributed by atoms with Gasteiger partial charge in [-0.2, -0.15) is 0 Å².